The summed E-state index contributed by atoms with van der Waals surface area (Å²) in [6.45, 7) is 2.00. The van der Waals surface area contributed by atoms with Crippen molar-refractivity contribution in [3.8, 4) is 0 Å². The molecule has 16 radical (unpaired) electrons. The Labute approximate surface area is 164 Å². The Kier molecular flexibility index (Phi) is 20.4. The van der Waals surface area contributed by atoms with Crippen molar-refractivity contribution in [2.24, 2.45) is 0 Å². The third kappa shape index (κ3) is 17.4. The maximum absolute atomic E-state index is 4.94. The van der Waals surface area contributed by atoms with Gasteiger partial charge in [0.1, 0.15) is 0 Å². The molecular weight excluding hydrogens is 409 g/mol. The minimum absolute atomic E-state index is 0. The SMILES string of the molecule is C1CCOC1.[CH]1[CH][CH][CH][CH]1.[CH]1[CH][CH][CH][CH]1.[CH]1[CH][CH][CH][CH]1.[Ho]. The zero-order valence-corrected chi connectivity index (χ0v) is 14.1. The molecule has 1 nitrogen and oxygen atoms in total. The molecule has 21 heavy (non-hydrogen) atoms. The summed E-state index contributed by atoms with van der Waals surface area (Å²) in [6.07, 6.45) is 32.6. The molecular formula is C19H23HoO. The van der Waals surface area contributed by atoms with Gasteiger partial charge in [-0.15, -0.1) is 0 Å². The van der Waals surface area contributed by atoms with Crippen LogP contribution in [-0.2, 0) is 4.74 Å². The van der Waals surface area contributed by atoms with Gasteiger partial charge in [-0.1, -0.05) is 0 Å². The monoisotopic (exact) mass is 432 g/mol. The summed E-state index contributed by atoms with van der Waals surface area (Å²) in [5, 5.41) is 0. The number of hydrogen-bond donors (Lipinski definition) is 0. The summed E-state index contributed by atoms with van der Waals surface area (Å²) >= 11 is 0. The van der Waals surface area contributed by atoms with Crippen molar-refractivity contribution in [2.75, 3.05) is 13.2 Å². The average molecular weight is 432 g/mol. The van der Waals surface area contributed by atoms with Gasteiger partial charge in [0.25, 0.3) is 0 Å². The van der Waals surface area contributed by atoms with E-state index in [0.29, 0.717) is 0 Å². The molecule has 0 unspecified atom stereocenters. The van der Waals surface area contributed by atoms with Crippen molar-refractivity contribution in [3.05, 3.63) is 96.3 Å². The van der Waals surface area contributed by atoms with Gasteiger partial charge in [0.05, 0.1) is 0 Å². The van der Waals surface area contributed by atoms with Crippen LogP contribution in [0.4, 0.5) is 0 Å². The molecule has 4 fully saturated rings. The Morgan fingerprint density at radius 3 is 0.667 bits per heavy atom. The number of ether oxygens (including phenoxy) is 1. The van der Waals surface area contributed by atoms with Crippen LogP contribution >= 0.6 is 0 Å². The molecule has 4 rings (SSSR count). The van der Waals surface area contributed by atoms with E-state index in [1.807, 2.05) is 96.3 Å². The third-order valence-corrected chi connectivity index (χ3v) is 2.49. The van der Waals surface area contributed by atoms with Gasteiger partial charge in [-0.05, 0) is 109 Å². The molecule has 0 bridgehead atoms. The second-order valence-corrected chi connectivity index (χ2v) is 4.21. The standard InChI is InChI=1S/3C5H5.C4H8O.Ho/c4*1-2-4-5-3-1;/h3*1-5H;1-4H2;. The predicted octanol–water partition coefficient (Wildman–Crippen LogP) is 3.86. The minimum Gasteiger partial charge on any atom is -0.381 e. The summed E-state index contributed by atoms with van der Waals surface area (Å²) in [5.41, 5.74) is 0. The molecule has 0 amide bonds. The normalized spacial score (nSPS) is 22.9. The Balaban J connectivity index is 0.000000250. The van der Waals surface area contributed by atoms with E-state index < -0.39 is 0 Å². The van der Waals surface area contributed by atoms with Crippen LogP contribution in [0.1, 0.15) is 12.8 Å². The first kappa shape index (κ1) is 22.2. The molecule has 116 valence electrons. The van der Waals surface area contributed by atoms with Crippen LogP contribution in [0.5, 0.6) is 0 Å². The maximum Gasteiger partial charge on any atom is 0.0466 e. The number of rotatable bonds is 0. The summed E-state index contributed by atoms with van der Waals surface area (Å²) < 4.78 is 4.94. The molecule has 1 saturated heterocycles. The minimum atomic E-state index is 0. The fraction of sp³-hybridized carbons (Fsp3) is 0.211. The maximum atomic E-state index is 4.94. The van der Waals surface area contributed by atoms with Crippen molar-refractivity contribution in [2.45, 2.75) is 12.8 Å². The van der Waals surface area contributed by atoms with Gasteiger partial charge >= 0.3 is 0 Å². The van der Waals surface area contributed by atoms with E-state index in [1.54, 1.807) is 0 Å². The van der Waals surface area contributed by atoms with E-state index >= 15 is 0 Å². The van der Waals surface area contributed by atoms with Gasteiger partial charge in [-0.2, -0.15) is 0 Å². The van der Waals surface area contributed by atoms with E-state index in [9.17, 15) is 0 Å². The van der Waals surface area contributed by atoms with E-state index in [1.165, 1.54) is 12.8 Å². The first-order valence-corrected chi connectivity index (χ1v) is 7.08. The smallest absolute Gasteiger partial charge is 0.0466 e. The van der Waals surface area contributed by atoms with Crippen LogP contribution in [0.3, 0.4) is 0 Å². The van der Waals surface area contributed by atoms with E-state index in [0.717, 1.165) is 13.2 Å². The van der Waals surface area contributed by atoms with Crippen molar-refractivity contribution < 1.29 is 42.5 Å². The molecule has 0 aromatic carbocycles. The molecule has 2 heteroatoms. The Morgan fingerprint density at radius 1 is 0.381 bits per heavy atom. The molecule has 0 aromatic heterocycles. The van der Waals surface area contributed by atoms with Crippen LogP contribution in [0, 0.1) is 134 Å². The Bertz CT molecular complexity index is 98.0. The fourth-order valence-electron chi connectivity index (χ4n) is 1.47. The molecule has 0 aromatic rings. The van der Waals surface area contributed by atoms with Crippen molar-refractivity contribution in [1.82, 2.24) is 0 Å². The zero-order valence-electron chi connectivity index (χ0n) is 12.2. The molecule has 0 N–H and O–H groups in total. The molecule has 1 aliphatic heterocycles. The first-order valence-electron chi connectivity index (χ1n) is 7.08. The Hall–Kier alpha value is 1.22. The first-order chi connectivity index (χ1) is 10.0. The van der Waals surface area contributed by atoms with Crippen LogP contribution in [0.15, 0.2) is 0 Å². The molecule has 3 saturated carbocycles. The molecule has 1 heterocycles. The molecule has 3 aliphatic carbocycles. The largest absolute Gasteiger partial charge is 0.381 e. The average Bonchev–Trinajstić information content (AvgIpc) is 3.40. The molecule has 0 atom stereocenters. The zero-order chi connectivity index (χ0) is 14.1. The summed E-state index contributed by atoms with van der Waals surface area (Å²) in [7, 11) is 0. The van der Waals surface area contributed by atoms with Crippen LogP contribution in [0.2, 0.25) is 0 Å². The summed E-state index contributed by atoms with van der Waals surface area (Å²) in [6, 6.07) is 0. The second kappa shape index (κ2) is 19.3. The van der Waals surface area contributed by atoms with E-state index in [4.69, 9.17) is 4.74 Å². The summed E-state index contributed by atoms with van der Waals surface area (Å²) in [5.74, 6) is 0. The topological polar surface area (TPSA) is 9.23 Å². The Morgan fingerprint density at radius 2 is 0.571 bits per heavy atom. The second-order valence-electron chi connectivity index (χ2n) is 4.21. The van der Waals surface area contributed by atoms with Gasteiger partial charge in [-0.25, -0.2) is 0 Å². The third-order valence-electron chi connectivity index (χ3n) is 2.49. The van der Waals surface area contributed by atoms with Crippen LogP contribution in [-0.4, -0.2) is 13.2 Å². The van der Waals surface area contributed by atoms with E-state index in [-0.39, 0.29) is 37.7 Å². The van der Waals surface area contributed by atoms with Gasteiger partial charge < -0.3 is 4.74 Å². The number of hydrogen-bond acceptors (Lipinski definition) is 1. The molecule has 4 aliphatic rings. The van der Waals surface area contributed by atoms with Crippen molar-refractivity contribution >= 4 is 0 Å². The van der Waals surface area contributed by atoms with Gasteiger partial charge in [-0.3, -0.25) is 0 Å². The van der Waals surface area contributed by atoms with Gasteiger partial charge in [0, 0.05) is 51.0 Å². The summed E-state index contributed by atoms with van der Waals surface area (Å²) in [4.78, 5) is 0. The predicted molar refractivity (Wildman–Crippen MR) is 84.6 cm³/mol. The quantitative estimate of drug-likeness (QED) is 0.529. The van der Waals surface area contributed by atoms with Crippen molar-refractivity contribution in [1.29, 1.82) is 0 Å². The fourth-order valence-corrected chi connectivity index (χ4v) is 1.47. The van der Waals surface area contributed by atoms with Gasteiger partial charge in [0.15, 0.2) is 0 Å². The van der Waals surface area contributed by atoms with E-state index in [2.05, 4.69) is 0 Å². The van der Waals surface area contributed by atoms with Crippen LogP contribution in [0.25, 0.3) is 0 Å². The van der Waals surface area contributed by atoms with Gasteiger partial charge in [0.2, 0.25) is 0 Å². The van der Waals surface area contributed by atoms with Crippen molar-refractivity contribution in [3.63, 3.8) is 0 Å². The van der Waals surface area contributed by atoms with Crippen LogP contribution < -0.4 is 0 Å². The molecule has 0 spiro atoms.